The number of ether oxygens (including phenoxy) is 2. The van der Waals surface area contributed by atoms with Gasteiger partial charge in [-0.05, 0) is 30.4 Å². The largest absolute Gasteiger partial charge is 0.474 e. The van der Waals surface area contributed by atoms with Gasteiger partial charge in [0.25, 0.3) is 0 Å². The SMILES string of the molecule is Fc1ccccc1CNC(=S)N1CCOC(COc2ncnc3ccccc23)C1. The van der Waals surface area contributed by atoms with E-state index in [9.17, 15) is 4.39 Å². The fraction of sp³-hybridized carbons (Fsp3) is 0.286. The Hall–Kier alpha value is -2.84. The molecule has 150 valence electrons. The standard InChI is InChI=1S/C21H21FN4O2S/c22-18-7-3-1-5-15(18)11-23-21(29)26-9-10-27-16(12-26)13-28-20-17-6-2-4-8-19(17)24-14-25-20/h1-8,14,16H,9-13H2,(H,23,29). The number of hydrogen-bond donors (Lipinski definition) is 1. The summed E-state index contributed by atoms with van der Waals surface area (Å²) < 4.78 is 25.5. The molecule has 1 aliphatic rings. The van der Waals surface area contributed by atoms with Crippen LogP contribution < -0.4 is 10.1 Å². The quantitative estimate of drug-likeness (QED) is 0.647. The molecule has 0 radical (unpaired) electrons. The second-order valence-corrected chi connectivity index (χ2v) is 7.08. The number of thiocarbonyl (C=S) groups is 1. The minimum atomic E-state index is -0.242. The van der Waals surface area contributed by atoms with Gasteiger partial charge in [0.1, 0.15) is 24.9 Å². The van der Waals surface area contributed by atoms with E-state index in [0.29, 0.717) is 49.4 Å². The summed E-state index contributed by atoms with van der Waals surface area (Å²) in [6, 6.07) is 14.4. The Kier molecular flexibility index (Phi) is 6.12. The molecule has 1 saturated heterocycles. The van der Waals surface area contributed by atoms with Crippen LogP contribution in [0.3, 0.4) is 0 Å². The normalized spacial score (nSPS) is 16.6. The predicted octanol–water partition coefficient (Wildman–Crippen LogP) is 2.92. The first kappa shape index (κ1) is 19.5. The molecule has 1 aromatic heterocycles. The van der Waals surface area contributed by atoms with E-state index < -0.39 is 0 Å². The molecule has 1 N–H and O–H groups in total. The molecule has 1 aliphatic heterocycles. The zero-order valence-electron chi connectivity index (χ0n) is 15.8. The van der Waals surface area contributed by atoms with E-state index in [1.807, 2.05) is 35.2 Å². The molecular formula is C21H21FN4O2S. The molecule has 29 heavy (non-hydrogen) atoms. The molecule has 8 heteroatoms. The Morgan fingerprint density at radius 3 is 2.93 bits per heavy atom. The van der Waals surface area contributed by atoms with Crippen LogP contribution in [0, 0.1) is 5.82 Å². The van der Waals surface area contributed by atoms with E-state index in [-0.39, 0.29) is 11.9 Å². The lowest BCUT2D eigenvalue weighted by Gasteiger charge is -2.34. The zero-order chi connectivity index (χ0) is 20.1. The average Bonchev–Trinajstić information content (AvgIpc) is 2.77. The number of para-hydroxylation sites is 1. The minimum Gasteiger partial charge on any atom is -0.474 e. The van der Waals surface area contributed by atoms with Crippen LogP contribution in [0.25, 0.3) is 10.9 Å². The third kappa shape index (κ3) is 4.78. The van der Waals surface area contributed by atoms with Crippen molar-refractivity contribution in [2.24, 2.45) is 0 Å². The number of halogens is 1. The highest BCUT2D eigenvalue weighted by Gasteiger charge is 2.23. The Labute approximate surface area is 173 Å². The third-order valence-electron chi connectivity index (χ3n) is 4.73. The van der Waals surface area contributed by atoms with Gasteiger partial charge in [0.05, 0.1) is 17.5 Å². The summed E-state index contributed by atoms with van der Waals surface area (Å²) >= 11 is 5.49. The van der Waals surface area contributed by atoms with Crippen LogP contribution >= 0.6 is 12.2 Å². The summed E-state index contributed by atoms with van der Waals surface area (Å²) in [5, 5.41) is 4.57. The fourth-order valence-corrected chi connectivity index (χ4v) is 3.43. The lowest BCUT2D eigenvalue weighted by molar-refractivity contribution is -0.0292. The monoisotopic (exact) mass is 412 g/mol. The molecule has 0 saturated carbocycles. The van der Waals surface area contributed by atoms with Crippen molar-refractivity contribution in [2.75, 3.05) is 26.3 Å². The number of hydrogen-bond acceptors (Lipinski definition) is 5. The van der Waals surface area contributed by atoms with E-state index in [1.54, 1.807) is 12.1 Å². The van der Waals surface area contributed by atoms with Crippen molar-refractivity contribution in [3.63, 3.8) is 0 Å². The topological polar surface area (TPSA) is 59.5 Å². The maximum Gasteiger partial charge on any atom is 0.224 e. The number of nitrogens with one attached hydrogen (secondary N) is 1. The number of benzene rings is 2. The molecular weight excluding hydrogens is 391 g/mol. The van der Waals surface area contributed by atoms with E-state index in [0.717, 1.165) is 10.9 Å². The molecule has 0 aliphatic carbocycles. The summed E-state index contributed by atoms with van der Waals surface area (Å²) in [4.78, 5) is 10.5. The Balaban J connectivity index is 1.32. The number of aromatic nitrogens is 2. The van der Waals surface area contributed by atoms with Crippen LogP contribution in [-0.2, 0) is 11.3 Å². The summed E-state index contributed by atoms with van der Waals surface area (Å²) in [7, 11) is 0. The van der Waals surface area contributed by atoms with Crippen molar-refractivity contribution >= 4 is 28.2 Å². The second-order valence-electron chi connectivity index (χ2n) is 6.70. The van der Waals surface area contributed by atoms with Crippen LogP contribution in [0.4, 0.5) is 4.39 Å². The number of rotatable bonds is 5. The number of nitrogens with zero attached hydrogens (tertiary/aromatic N) is 3. The van der Waals surface area contributed by atoms with Crippen LogP contribution in [-0.4, -0.2) is 52.4 Å². The van der Waals surface area contributed by atoms with Crippen LogP contribution in [0.2, 0.25) is 0 Å². The lowest BCUT2D eigenvalue weighted by atomic mass is 10.2. The molecule has 0 bridgehead atoms. The molecule has 0 amide bonds. The van der Waals surface area contributed by atoms with Gasteiger partial charge in [-0.15, -0.1) is 0 Å². The maximum absolute atomic E-state index is 13.8. The first-order valence-electron chi connectivity index (χ1n) is 9.41. The Morgan fingerprint density at radius 2 is 2.03 bits per heavy atom. The molecule has 1 unspecified atom stereocenters. The predicted molar refractivity (Wildman–Crippen MR) is 112 cm³/mol. The zero-order valence-corrected chi connectivity index (χ0v) is 16.6. The van der Waals surface area contributed by atoms with Crippen molar-refractivity contribution in [3.8, 4) is 5.88 Å². The van der Waals surface area contributed by atoms with Gasteiger partial charge in [-0.2, -0.15) is 0 Å². The van der Waals surface area contributed by atoms with Gasteiger partial charge in [0.15, 0.2) is 5.11 Å². The van der Waals surface area contributed by atoms with Gasteiger partial charge in [-0.25, -0.2) is 14.4 Å². The van der Waals surface area contributed by atoms with Crippen LogP contribution in [0.15, 0.2) is 54.9 Å². The maximum atomic E-state index is 13.8. The molecule has 3 aromatic rings. The van der Waals surface area contributed by atoms with E-state index in [1.165, 1.54) is 12.4 Å². The molecule has 1 atom stereocenters. The number of fused-ring (bicyclic) bond motifs is 1. The number of morpholine rings is 1. The summed E-state index contributed by atoms with van der Waals surface area (Å²) in [6.45, 7) is 2.51. The smallest absolute Gasteiger partial charge is 0.224 e. The highest BCUT2D eigenvalue weighted by atomic mass is 32.1. The lowest BCUT2D eigenvalue weighted by Crippen LogP contribution is -2.50. The summed E-state index contributed by atoms with van der Waals surface area (Å²) in [5.41, 5.74) is 1.42. The second kappa shape index (κ2) is 9.11. The summed E-state index contributed by atoms with van der Waals surface area (Å²) in [6.07, 6.45) is 1.35. The highest BCUT2D eigenvalue weighted by Crippen LogP contribution is 2.21. The van der Waals surface area contributed by atoms with E-state index >= 15 is 0 Å². The molecule has 1 fully saturated rings. The van der Waals surface area contributed by atoms with Crippen LogP contribution in [0.5, 0.6) is 5.88 Å². The van der Waals surface area contributed by atoms with Gasteiger partial charge < -0.3 is 19.7 Å². The van der Waals surface area contributed by atoms with Crippen molar-refractivity contribution < 1.29 is 13.9 Å². The summed E-state index contributed by atoms with van der Waals surface area (Å²) in [5.74, 6) is 0.296. The Bertz CT molecular complexity index is 998. The molecule has 4 rings (SSSR count). The third-order valence-corrected chi connectivity index (χ3v) is 5.13. The fourth-order valence-electron chi connectivity index (χ4n) is 3.20. The van der Waals surface area contributed by atoms with Crippen molar-refractivity contribution in [1.29, 1.82) is 0 Å². The Morgan fingerprint density at radius 1 is 1.21 bits per heavy atom. The average molecular weight is 412 g/mol. The van der Waals surface area contributed by atoms with Crippen molar-refractivity contribution in [1.82, 2.24) is 20.2 Å². The highest BCUT2D eigenvalue weighted by molar-refractivity contribution is 7.80. The van der Waals surface area contributed by atoms with Crippen molar-refractivity contribution in [2.45, 2.75) is 12.6 Å². The molecule has 2 heterocycles. The van der Waals surface area contributed by atoms with Gasteiger partial charge in [0.2, 0.25) is 5.88 Å². The van der Waals surface area contributed by atoms with E-state index in [4.69, 9.17) is 21.7 Å². The van der Waals surface area contributed by atoms with Gasteiger partial charge in [-0.1, -0.05) is 30.3 Å². The first-order chi connectivity index (χ1) is 14.2. The van der Waals surface area contributed by atoms with Gasteiger partial charge in [0, 0.05) is 25.2 Å². The van der Waals surface area contributed by atoms with Gasteiger partial charge >= 0.3 is 0 Å². The molecule has 6 nitrogen and oxygen atoms in total. The first-order valence-corrected chi connectivity index (χ1v) is 9.82. The minimum absolute atomic E-state index is 0.148. The van der Waals surface area contributed by atoms with Crippen LogP contribution in [0.1, 0.15) is 5.56 Å². The van der Waals surface area contributed by atoms with E-state index in [2.05, 4.69) is 15.3 Å². The van der Waals surface area contributed by atoms with Gasteiger partial charge in [-0.3, -0.25) is 0 Å². The molecule has 2 aromatic carbocycles. The molecule has 0 spiro atoms. The van der Waals surface area contributed by atoms with Crippen molar-refractivity contribution in [3.05, 3.63) is 66.2 Å².